The van der Waals surface area contributed by atoms with Crippen LogP contribution in [0.15, 0.2) is 54.7 Å². The summed E-state index contributed by atoms with van der Waals surface area (Å²) in [5.74, 6) is 1.54. The fourth-order valence-electron chi connectivity index (χ4n) is 4.65. The highest BCUT2D eigenvalue weighted by atomic mass is 32.2. The van der Waals surface area contributed by atoms with Crippen molar-refractivity contribution in [2.75, 3.05) is 6.26 Å². The van der Waals surface area contributed by atoms with E-state index in [9.17, 15) is 8.42 Å². The van der Waals surface area contributed by atoms with Crippen LogP contribution < -0.4 is 0 Å². The van der Waals surface area contributed by atoms with Gasteiger partial charge in [-0.1, -0.05) is 68.8 Å². The van der Waals surface area contributed by atoms with Crippen molar-refractivity contribution in [3.8, 4) is 22.5 Å². The first-order valence-corrected chi connectivity index (χ1v) is 14.0. The number of H-pyrrole nitrogens is 1. The predicted octanol–water partition coefficient (Wildman–Crippen LogP) is 4.45. The standard InChI is InChI=1S/C26H29N7O2S/c1-4-6-11-24-27-25-22(5-2)33(36(3,34)35)17-23(25)32(24)16-18-12-14-19(15-13-18)20-9-7-8-10-21(20)26-28-30-31-29-26/h7-10,12-15,17H,4-6,11,16H2,1-3H3,(H,28,29,30,31). The molecule has 0 fully saturated rings. The summed E-state index contributed by atoms with van der Waals surface area (Å²) < 4.78 is 28.3. The van der Waals surface area contributed by atoms with Crippen LogP contribution in [0.4, 0.5) is 0 Å². The minimum absolute atomic E-state index is 0.554. The SMILES string of the molecule is CCCCc1nc2c(CC)n(S(C)(=O)=O)cc2n1Cc1ccc(-c2ccccc2-c2nn[nH]n2)cc1. The van der Waals surface area contributed by atoms with Gasteiger partial charge in [0.05, 0.1) is 17.5 Å². The van der Waals surface area contributed by atoms with Crippen LogP contribution in [0.2, 0.25) is 0 Å². The fraction of sp³-hybridized carbons (Fsp3) is 0.308. The fourth-order valence-corrected chi connectivity index (χ4v) is 5.56. The van der Waals surface area contributed by atoms with Gasteiger partial charge in [0, 0.05) is 24.7 Å². The average Bonchev–Trinajstić information content (AvgIpc) is 3.60. The molecule has 10 heteroatoms. The highest BCUT2D eigenvalue weighted by Crippen LogP contribution is 2.31. The maximum atomic E-state index is 12.4. The molecule has 0 aliphatic rings. The van der Waals surface area contributed by atoms with Crippen LogP contribution in [0.3, 0.4) is 0 Å². The molecule has 5 aromatic rings. The van der Waals surface area contributed by atoms with Gasteiger partial charge in [-0.3, -0.25) is 0 Å². The molecule has 1 N–H and O–H groups in total. The Hall–Kier alpha value is -3.79. The molecule has 0 aliphatic carbocycles. The quantitative estimate of drug-likeness (QED) is 0.318. The van der Waals surface area contributed by atoms with Gasteiger partial charge < -0.3 is 4.57 Å². The topological polar surface area (TPSA) is 111 Å². The first-order valence-electron chi connectivity index (χ1n) is 12.1. The van der Waals surface area contributed by atoms with Crippen molar-refractivity contribution < 1.29 is 8.42 Å². The number of benzene rings is 2. The normalized spacial score (nSPS) is 12.0. The van der Waals surface area contributed by atoms with Gasteiger partial charge in [0.25, 0.3) is 0 Å². The zero-order valence-electron chi connectivity index (χ0n) is 20.6. The van der Waals surface area contributed by atoms with Crippen LogP contribution >= 0.6 is 0 Å². The van der Waals surface area contributed by atoms with E-state index in [-0.39, 0.29) is 0 Å². The minimum Gasteiger partial charge on any atom is -0.322 e. The van der Waals surface area contributed by atoms with Crippen molar-refractivity contribution in [3.05, 3.63) is 71.8 Å². The van der Waals surface area contributed by atoms with E-state index in [2.05, 4.69) is 56.4 Å². The molecule has 0 saturated heterocycles. The third-order valence-corrected chi connectivity index (χ3v) is 7.47. The number of tetrazole rings is 1. The van der Waals surface area contributed by atoms with Crippen molar-refractivity contribution in [1.82, 2.24) is 34.1 Å². The number of nitrogens with zero attached hydrogens (tertiary/aromatic N) is 6. The molecule has 2 aromatic carbocycles. The van der Waals surface area contributed by atoms with Gasteiger partial charge in [0.2, 0.25) is 15.8 Å². The molecule has 0 saturated carbocycles. The lowest BCUT2D eigenvalue weighted by Crippen LogP contribution is -2.12. The van der Waals surface area contributed by atoms with Crippen LogP contribution in [0.25, 0.3) is 33.5 Å². The smallest absolute Gasteiger partial charge is 0.235 e. The zero-order valence-corrected chi connectivity index (χ0v) is 21.5. The molecule has 3 heterocycles. The van der Waals surface area contributed by atoms with E-state index in [4.69, 9.17) is 4.98 Å². The first kappa shape index (κ1) is 23.9. The summed E-state index contributed by atoms with van der Waals surface area (Å²) in [5, 5.41) is 14.5. The lowest BCUT2D eigenvalue weighted by Gasteiger charge is -2.11. The Labute approximate surface area is 210 Å². The van der Waals surface area contributed by atoms with Gasteiger partial charge in [-0.15, -0.1) is 10.2 Å². The van der Waals surface area contributed by atoms with E-state index in [1.807, 2.05) is 31.2 Å². The number of aromatic amines is 1. The first-order chi connectivity index (χ1) is 17.4. The molecule has 0 atom stereocenters. The second-order valence-corrected chi connectivity index (χ2v) is 10.8. The second-order valence-electron chi connectivity index (χ2n) is 8.92. The summed E-state index contributed by atoms with van der Waals surface area (Å²) in [6.07, 6.45) is 6.49. The molecular weight excluding hydrogens is 474 g/mol. The lowest BCUT2D eigenvalue weighted by molar-refractivity contribution is 0.591. The number of nitrogens with one attached hydrogen (secondary N) is 1. The van der Waals surface area contributed by atoms with Crippen molar-refractivity contribution in [2.45, 2.75) is 46.1 Å². The van der Waals surface area contributed by atoms with Gasteiger partial charge in [0.15, 0.2) is 0 Å². The van der Waals surface area contributed by atoms with Gasteiger partial charge in [-0.2, -0.15) is 5.21 Å². The third-order valence-electron chi connectivity index (χ3n) is 6.43. The Kier molecular flexibility index (Phi) is 6.44. The van der Waals surface area contributed by atoms with Crippen LogP contribution in [-0.4, -0.2) is 48.8 Å². The molecule has 36 heavy (non-hydrogen) atoms. The Bertz CT molecular complexity index is 1600. The zero-order chi connectivity index (χ0) is 25.3. The summed E-state index contributed by atoms with van der Waals surface area (Å²) in [5.41, 5.74) is 6.46. The molecule has 0 bridgehead atoms. The maximum Gasteiger partial charge on any atom is 0.235 e. The van der Waals surface area contributed by atoms with Crippen LogP contribution in [0.5, 0.6) is 0 Å². The largest absolute Gasteiger partial charge is 0.322 e. The molecule has 0 spiro atoms. The van der Waals surface area contributed by atoms with Gasteiger partial charge in [-0.25, -0.2) is 17.4 Å². The highest BCUT2D eigenvalue weighted by molar-refractivity contribution is 7.89. The number of fused-ring (bicyclic) bond motifs is 1. The van der Waals surface area contributed by atoms with E-state index < -0.39 is 10.0 Å². The highest BCUT2D eigenvalue weighted by Gasteiger charge is 2.21. The van der Waals surface area contributed by atoms with E-state index in [1.54, 1.807) is 6.20 Å². The van der Waals surface area contributed by atoms with Crippen molar-refractivity contribution >= 4 is 21.1 Å². The molecule has 0 radical (unpaired) electrons. The van der Waals surface area contributed by atoms with Crippen LogP contribution in [0.1, 0.15) is 43.8 Å². The summed E-state index contributed by atoms with van der Waals surface area (Å²) in [4.78, 5) is 4.91. The number of hydrogen-bond acceptors (Lipinski definition) is 6. The summed E-state index contributed by atoms with van der Waals surface area (Å²) in [6.45, 7) is 4.73. The molecular formula is C26H29N7O2S. The van der Waals surface area contributed by atoms with E-state index in [1.165, 1.54) is 10.2 Å². The molecule has 186 valence electrons. The minimum atomic E-state index is -3.41. The summed E-state index contributed by atoms with van der Waals surface area (Å²) >= 11 is 0. The van der Waals surface area contributed by atoms with Crippen molar-refractivity contribution in [2.24, 2.45) is 0 Å². The Balaban J connectivity index is 1.53. The molecule has 0 unspecified atom stereocenters. The molecule has 5 rings (SSSR count). The van der Waals surface area contributed by atoms with Crippen LogP contribution in [-0.2, 0) is 29.4 Å². The number of unbranched alkanes of at least 4 members (excludes halogenated alkanes) is 1. The Morgan fingerprint density at radius 2 is 1.75 bits per heavy atom. The number of imidazole rings is 1. The van der Waals surface area contributed by atoms with E-state index in [0.717, 1.165) is 64.1 Å². The van der Waals surface area contributed by atoms with Gasteiger partial charge >= 0.3 is 0 Å². The Morgan fingerprint density at radius 3 is 2.39 bits per heavy atom. The van der Waals surface area contributed by atoms with Gasteiger partial charge in [0.1, 0.15) is 11.3 Å². The third kappa shape index (κ3) is 4.44. The lowest BCUT2D eigenvalue weighted by atomic mass is 9.98. The number of aromatic nitrogens is 7. The molecule has 0 amide bonds. The van der Waals surface area contributed by atoms with Crippen molar-refractivity contribution in [3.63, 3.8) is 0 Å². The molecule has 0 aliphatic heterocycles. The molecule has 3 aromatic heterocycles. The van der Waals surface area contributed by atoms with Crippen LogP contribution in [0, 0.1) is 0 Å². The summed E-state index contributed by atoms with van der Waals surface area (Å²) in [7, 11) is -3.41. The van der Waals surface area contributed by atoms with E-state index in [0.29, 0.717) is 18.8 Å². The molecule has 9 nitrogen and oxygen atoms in total. The maximum absolute atomic E-state index is 12.4. The Morgan fingerprint density at radius 1 is 1.00 bits per heavy atom. The van der Waals surface area contributed by atoms with Crippen molar-refractivity contribution in [1.29, 1.82) is 0 Å². The average molecular weight is 504 g/mol. The second kappa shape index (κ2) is 9.69. The summed E-state index contributed by atoms with van der Waals surface area (Å²) in [6, 6.07) is 16.4. The number of hydrogen-bond donors (Lipinski definition) is 1. The van der Waals surface area contributed by atoms with Gasteiger partial charge in [-0.05, 0) is 34.7 Å². The monoisotopic (exact) mass is 503 g/mol. The van der Waals surface area contributed by atoms with E-state index >= 15 is 0 Å². The number of rotatable bonds is 9. The predicted molar refractivity (Wildman–Crippen MR) is 140 cm³/mol. The number of aryl methyl sites for hydroxylation is 2.